The quantitative estimate of drug-likeness (QED) is 0.146. The molecule has 4 rings (SSSR count). The molecule has 1 amide bonds. The van der Waals surface area contributed by atoms with Crippen LogP contribution < -0.4 is 14.2 Å². The zero-order chi connectivity index (χ0) is 34.4. The summed E-state index contributed by atoms with van der Waals surface area (Å²) in [6, 6.07) is 19.1. The summed E-state index contributed by atoms with van der Waals surface area (Å²) in [5, 5.41) is 7.00. The minimum atomic E-state index is -0.522. The molecule has 1 fully saturated rings. The fourth-order valence-corrected chi connectivity index (χ4v) is 5.52. The van der Waals surface area contributed by atoms with E-state index in [2.05, 4.69) is 26.0 Å². The van der Waals surface area contributed by atoms with Crippen molar-refractivity contribution in [2.24, 2.45) is 0 Å². The molecule has 0 bridgehead atoms. The highest BCUT2D eigenvalue weighted by atomic mass is 16.6. The number of hydrogen-bond acceptors (Lipinski definition) is 8. The van der Waals surface area contributed by atoms with Crippen molar-refractivity contribution in [3.63, 3.8) is 0 Å². The fourth-order valence-electron chi connectivity index (χ4n) is 5.52. The van der Waals surface area contributed by atoms with E-state index in [4.69, 9.17) is 28.8 Å². The Kier molecular flexibility index (Phi) is 14.4. The first-order valence-electron chi connectivity index (χ1n) is 16.4. The zero-order valence-corrected chi connectivity index (χ0v) is 29.0. The summed E-state index contributed by atoms with van der Waals surface area (Å²) in [7, 11) is 2.36. The SMILES string of the molecule is CCCc1c(OCCCOc2ccc(C3CCCN3C(=O)OC(C)(C)C)cc2CC)cccc1Oc1ccccc1C(=O)OC.CO. The van der Waals surface area contributed by atoms with E-state index in [0.717, 1.165) is 67.4 Å². The smallest absolute Gasteiger partial charge is 0.410 e. The molecule has 0 spiro atoms. The molecule has 0 aromatic heterocycles. The van der Waals surface area contributed by atoms with E-state index in [1.54, 1.807) is 18.2 Å². The van der Waals surface area contributed by atoms with Crippen molar-refractivity contribution in [3.05, 3.63) is 82.9 Å². The lowest BCUT2D eigenvalue weighted by atomic mass is 10.00. The monoisotopic (exact) mass is 649 g/mol. The van der Waals surface area contributed by atoms with Gasteiger partial charge in [0.25, 0.3) is 0 Å². The molecule has 47 heavy (non-hydrogen) atoms. The second-order valence-corrected chi connectivity index (χ2v) is 12.2. The molecular weight excluding hydrogens is 598 g/mol. The second-order valence-electron chi connectivity index (χ2n) is 12.2. The van der Waals surface area contributed by atoms with E-state index >= 15 is 0 Å². The minimum Gasteiger partial charge on any atom is -0.493 e. The highest BCUT2D eigenvalue weighted by Crippen LogP contribution is 2.36. The molecule has 1 atom stereocenters. The zero-order valence-electron chi connectivity index (χ0n) is 29.0. The molecule has 1 saturated heterocycles. The summed E-state index contributed by atoms with van der Waals surface area (Å²) in [6.45, 7) is 11.6. The third-order valence-corrected chi connectivity index (χ3v) is 7.64. The Bertz CT molecular complexity index is 1450. The first-order chi connectivity index (χ1) is 22.6. The van der Waals surface area contributed by atoms with Gasteiger partial charge in [0.05, 0.1) is 26.4 Å². The molecule has 9 heteroatoms. The molecule has 3 aromatic rings. The average Bonchev–Trinajstić information content (AvgIpc) is 3.56. The number of methoxy groups -OCH3 is 1. The molecule has 1 unspecified atom stereocenters. The van der Waals surface area contributed by atoms with Crippen LogP contribution in [0.3, 0.4) is 0 Å². The Hall–Kier alpha value is -4.24. The van der Waals surface area contributed by atoms with Gasteiger partial charge in [-0.25, -0.2) is 9.59 Å². The molecule has 0 saturated carbocycles. The van der Waals surface area contributed by atoms with E-state index in [-0.39, 0.29) is 12.1 Å². The number of aryl methyl sites for hydroxylation is 1. The fraction of sp³-hybridized carbons (Fsp3) is 0.474. The van der Waals surface area contributed by atoms with Gasteiger partial charge < -0.3 is 33.7 Å². The highest BCUT2D eigenvalue weighted by molar-refractivity contribution is 5.92. The molecule has 1 aliphatic heterocycles. The third-order valence-electron chi connectivity index (χ3n) is 7.64. The van der Waals surface area contributed by atoms with Crippen LogP contribution in [0.1, 0.15) is 93.4 Å². The number of carbonyl (C=O) groups excluding carboxylic acids is 2. The van der Waals surface area contributed by atoms with Crippen LogP contribution in [-0.2, 0) is 22.3 Å². The largest absolute Gasteiger partial charge is 0.493 e. The van der Waals surface area contributed by atoms with Crippen molar-refractivity contribution < 1.29 is 38.4 Å². The van der Waals surface area contributed by atoms with Gasteiger partial charge in [-0.1, -0.05) is 50.6 Å². The maximum absolute atomic E-state index is 12.8. The van der Waals surface area contributed by atoms with Gasteiger partial charge in [-0.15, -0.1) is 0 Å². The Morgan fingerprint density at radius 3 is 2.26 bits per heavy atom. The number of aliphatic hydroxyl groups is 1. The number of benzene rings is 3. The summed E-state index contributed by atoms with van der Waals surface area (Å²) in [5.74, 6) is 2.26. The van der Waals surface area contributed by atoms with E-state index in [9.17, 15) is 9.59 Å². The maximum Gasteiger partial charge on any atom is 0.410 e. The molecule has 1 N–H and O–H groups in total. The highest BCUT2D eigenvalue weighted by Gasteiger charge is 2.33. The maximum atomic E-state index is 12.8. The Balaban J connectivity index is 0.00000294. The number of rotatable bonds is 13. The topological polar surface area (TPSA) is 104 Å². The predicted molar refractivity (Wildman–Crippen MR) is 183 cm³/mol. The normalized spacial score (nSPS) is 14.1. The lowest BCUT2D eigenvalue weighted by Gasteiger charge is -2.29. The number of hydrogen-bond donors (Lipinski definition) is 1. The lowest BCUT2D eigenvalue weighted by Crippen LogP contribution is -2.36. The summed E-state index contributed by atoms with van der Waals surface area (Å²) in [6.07, 6.45) is 4.82. The van der Waals surface area contributed by atoms with Gasteiger partial charge in [-0.3, -0.25) is 0 Å². The summed E-state index contributed by atoms with van der Waals surface area (Å²) >= 11 is 0. The van der Waals surface area contributed by atoms with Crippen LogP contribution in [-0.4, -0.2) is 61.6 Å². The van der Waals surface area contributed by atoms with Crippen molar-refractivity contribution in [1.82, 2.24) is 4.90 Å². The minimum absolute atomic E-state index is 0.0126. The third kappa shape index (κ3) is 10.4. The molecule has 9 nitrogen and oxygen atoms in total. The summed E-state index contributed by atoms with van der Waals surface area (Å²) < 4.78 is 29.2. The summed E-state index contributed by atoms with van der Waals surface area (Å²) in [5.41, 5.74) is 3.04. The number of para-hydroxylation sites is 1. The molecule has 1 heterocycles. The van der Waals surface area contributed by atoms with Gasteiger partial charge in [-0.2, -0.15) is 0 Å². The van der Waals surface area contributed by atoms with Crippen LogP contribution in [0.25, 0.3) is 0 Å². The van der Waals surface area contributed by atoms with E-state index in [0.29, 0.717) is 43.2 Å². The van der Waals surface area contributed by atoms with Gasteiger partial charge in [0.1, 0.15) is 34.2 Å². The van der Waals surface area contributed by atoms with Gasteiger partial charge in [0.2, 0.25) is 0 Å². The molecule has 0 aliphatic carbocycles. The van der Waals surface area contributed by atoms with Crippen LogP contribution in [0.4, 0.5) is 4.79 Å². The van der Waals surface area contributed by atoms with Crippen molar-refractivity contribution in [2.45, 2.75) is 84.8 Å². The Morgan fingerprint density at radius 2 is 1.57 bits per heavy atom. The van der Waals surface area contributed by atoms with Crippen molar-refractivity contribution in [3.8, 4) is 23.0 Å². The van der Waals surface area contributed by atoms with Crippen LogP contribution in [0.2, 0.25) is 0 Å². The predicted octanol–water partition coefficient (Wildman–Crippen LogP) is 8.31. The number of ether oxygens (including phenoxy) is 5. The van der Waals surface area contributed by atoms with Crippen molar-refractivity contribution in [2.75, 3.05) is 34.0 Å². The number of carbonyl (C=O) groups is 2. The van der Waals surface area contributed by atoms with Crippen LogP contribution in [0.15, 0.2) is 60.7 Å². The van der Waals surface area contributed by atoms with E-state index in [1.807, 2.05) is 56.0 Å². The number of aliphatic hydroxyl groups excluding tert-OH is 1. The second kappa shape index (κ2) is 18.2. The Morgan fingerprint density at radius 1 is 0.894 bits per heavy atom. The molecule has 1 aliphatic rings. The number of nitrogens with zero attached hydrogens (tertiary/aromatic N) is 1. The summed E-state index contributed by atoms with van der Waals surface area (Å²) in [4.78, 5) is 26.9. The van der Waals surface area contributed by atoms with Gasteiger partial charge in [0, 0.05) is 25.6 Å². The molecule has 256 valence electrons. The van der Waals surface area contributed by atoms with E-state index < -0.39 is 11.6 Å². The number of likely N-dealkylation sites (tertiary alicyclic amines) is 1. The van der Waals surface area contributed by atoms with Crippen molar-refractivity contribution in [1.29, 1.82) is 0 Å². The van der Waals surface area contributed by atoms with Gasteiger partial charge >= 0.3 is 12.1 Å². The van der Waals surface area contributed by atoms with Crippen molar-refractivity contribution >= 4 is 12.1 Å². The molecular formula is C38H51NO8. The number of amides is 1. The number of esters is 1. The lowest BCUT2D eigenvalue weighted by molar-refractivity contribution is 0.0224. The molecule has 0 radical (unpaired) electrons. The molecule has 3 aromatic carbocycles. The van der Waals surface area contributed by atoms with Crippen LogP contribution in [0, 0.1) is 0 Å². The average molecular weight is 650 g/mol. The van der Waals surface area contributed by atoms with Crippen LogP contribution >= 0.6 is 0 Å². The first-order valence-corrected chi connectivity index (χ1v) is 16.4. The standard InChI is InChI=1S/C37H47NO7.CH4O/c1-7-14-28-32(18-11-19-33(28)44-34-17-10-9-15-29(34)35(39)41-6)43-24-13-23-42-31-21-20-27(25-26(31)8-2)30-16-12-22-38(30)36(40)45-37(3,4)5;1-2/h9-11,15,17-21,25,30H,7-8,12-14,16,22-24H2,1-6H3;2H,1H3. The Labute approximate surface area is 279 Å². The van der Waals surface area contributed by atoms with E-state index in [1.165, 1.54) is 7.11 Å². The van der Waals surface area contributed by atoms with Crippen LogP contribution in [0.5, 0.6) is 23.0 Å². The van der Waals surface area contributed by atoms with Gasteiger partial charge in [-0.05, 0) is 87.9 Å². The van der Waals surface area contributed by atoms with Gasteiger partial charge in [0.15, 0.2) is 0 Å². The first kappa shape index (κ1) is 37.2.